The molecule has 6 heteroatoms. The molecule has 30 heavy (non-hydrogen) atoms. The van der Waals surface area contributed by atoms with Crippen molar-refractivity contribution in [3.05, 3.63) is 58.9 Å². The third-order valence-corrected chi connectivity index (χ3v) is 7.00. The van der Waals surface area contributed by atoms with Crippen molar-refractivity contribution < 1.29 is 18.4 Å². The molecule has 0 N–H and O–H groups in total. The molecule has 3 aliphatic rings. The van der Waals surface area contributed by atoms with Crippen molar-refractivity contribution in [2.24, 2.45) is 5.41 Å². The smallest absolute Gasteiger partial charge is 0.226 e. The number of carbonyl (C=O) groups is 2. The van der Waals surface area contributed by atoms with Crippen LogP contribution in [0.1, 0.15) is 55.8 Å². The molecule has 0 atom stereocenters. The minimum atomic E-state index is -0.507. The first kappa shape index (κ1) is 20.6. The number of Topliss-reactive ketones (excluding diaryl/α,β-unsaturated/α-hetero) is 1. The number of hydrogen-bond acceptors (Lipinski definition) is 3. The fraction of sp³-hybridized carbons (Fsp3) is 0.458. The van der Waals surface area contributed by atoms with Gasteiger partial charge in [0.1, 0.15) is 11.6 Å². The Morgan fingerprint density at radius 3 is 2.43 bits per heavy atom. The van der Waals surface area contributed by atoms with Gasteiger partial charge in [0.25, 0.3) is 0 Å². The van der Waals surface area contributed by atoms with E-state index in [9.17, 15) is 18.4 Å². The lowest BCUT2D eigenvalue weighted by Crippen LogP contribution is -2.67. The Labute approximate surface area is 175 Å². The molecule has 2 bridgehead atoms. The lowest BCUT2D eigenvalue weighted by molar-refractivity contribution is -0.173. The van der Waals surface area contributed by atoms with E-state index >= 15 is 0 Å². The SMILES string of the molecule is CCC(=O)N(C)c1ccc(C23CC(C(=O)CCc4ccc(F)nc4C)(C2)C3)cc1F. The zero-order valence-corrected chi connectivity index (χ0v) is 17.6. The summed E-state index contributed by atoms with van der Waals surface area (Å²) in [6.07, 6.45) is 3.56. The van der Waals surface area contributed by atoms with E-state index in [2.05, 4.69) is 4.98 Å². The van der Waals surface area contributed by atoms with Crippen LogP contribution in [0.15, 0.2) is 30.3 Å². The molecule has 3 saturated carbocycles. The van der Waals surface area contributed by atoms with Gasteiger partial charge < -0.3 is 4.90 Å². The molecular formula is C24H26F2N2O2. The Kier molecular flexibility index (Phi) is 4.99. The highest BCUT2D eigenvalue weighted by molar-refractivity contribution is 5.93. The number of hydrogen-bond donors (Lipinski definition) is 0. The number of rotatable bonds is 7. The Balaban J connectivity index is 1.39. The number of ketones is 1. The molecule has 1 heterocycles. The van der Waals surface area contributed by atoms with E-state index in [4.69, 9.17) is 0 Å². The molecule has 2 aromatic rings. The molecule has 5 rings (SSSR count). The highest BCUT2D eigenvalue weighted by Gasteiger charge is 2.71. The Hall–Kier alpha value is -2.63. The molecule has 0 spiro atoms. The largest absolute Gasteiger partial charge is 0.313 e. The average molecular weight is 412 g/mol. The van der Waals surface area contributed by atoms with Crippen LogP contribution in [0.5, 0.6) is 0 Å². The van der Waals surface area contributed by atoms with Gasteiger partial charge in [-0.1, -0.05) is 19.1 Å². The summed E-state index contributed by atoms with van der Waals surface area (Å²) in [5, 5.41) is 0. The van der Waals surface area contributed by atoms with Crippen molar-refractivity contribution in [3.63, 3.8) is 0 Å². The fourth-order valence-corrected chi connectivity index (χ4v) is 5.21. The third kappa shape index (κ3) is 3.22. The van der Waals surface area contributed by atoms with Crippen LogP contribution < -0.4 is 4.90 Å². The molecule has 4 nitrogen and oxygen atoms in total. The lowest BCUT2D eigenvalue weighted by Gasteiger charge is -2.70. The molecule has 1 aromatic carbocycles. The second kappa shape index (κ2) is 7.25. The molecule has 0 unspecified atom stereocenters. The fourth-order valence-electron chi connectivity index (χ4n) is 5.21. The Morgan fingerprint density at radius 2 is 1.83 bits per heavy atom. The summed E-state index contributed by atoms with van der Waals surface area (Å²) in [4.78, 5) is 29.8. The molecule has 0 radical (unpaired) electrons. The van der Waals surface area contributed by atoms with Crippen LogP contribution in [0, 0.1) is 24.1 Å². The normalized spacial score (nSPS) is 24.0. The van der Waals surface area contributed by atoms with Gasteiger partial charge in [0.05, 0.1) is 5.69 Å². The van der Waals surface area contributed by atoms with Gasteiger partial charge >= 0.3 is 0 Å². The summed E-state index contributed by atoms with van der Waals surface area (Å²) >= 11 is 0. The highest BCUT2D eigenvalue weighted by atomic mass is 19.1. The number of amides is 1. The van der Waals surface area contributed by atoms with Crippen LogP contribution >= 0.6 is 0 Å². The van der Waals surface area contributed by atoms with Gasteiger partial charge in [0.15, 0.2) is 0 Å². The molecule has 0 saturated heterocycles. The van der Waals surface area contributed by atoms with Crippen LogP contribution in [0.3, 0.4) is 0 Å². The van der Waals surface area contributed by atoms with E-state index in [0.29, 0.717) is 25.0 Å². The first-order chi connectivity index (χ1) is 14.2. The van der Waals surface area contributed by atoms with Crippen LogP contribution in [0.25, 0.3) is 0 Å². The standard InChI is InChI=1S/C24H26F2N2O2/c1-4-22(30)28(3)19-8-7-17(11-18(19)25)23-12-24(13-23,14-23)20(29)9-5-16-6-10-21(26)27-15(16)2/h6-8,10-11H,4-5,9,12-14H2,1-3H3. The molecule has 0 aliphatic heterocycles. The Morgan fingerprint density at radius 1 is 1.13 bits per heavy atom. The molecule has 3 aliphatic carbocycles. The highest BCUT2D eigenvalue weighted by Crippen LogP contribution is 2.74. The van der Waals surface area contributed by atoms with Gasteiger partial charge in [-0.05, 0) is 67.3 Å². The quantitative estimate of drug-likeness (QED) is 0.622. The predicted molar refractivity (Wildman–Crippen MR) is 110 cm³/mol. The lowest BCUT2D eigenvalue weighted by atomic mass is 9.32. The van der Waals surface area contributed by atoms with Gasteiger partial charge in [-0.15, -0.1) is 0 Å². The maximum absolute atomic E-state index is 14.6. The van der Waals surface area contributed by atoms with Gasteiger partial charge in [-0.2, -0.15) is 4.39 Å². The van der Waals surface area contributed by atoms with E-state index < -0.39 is 11.8 Å². The van der Waals surface area contributed by atoms with Gasteiger partial charge in [-0.25, -0.2) is 9.37 Å². The number of carbonyl (C=O) groups excluding carboxylic acids is 2. The van der Waals surface area contributed by atoms with Crippen LogP contribution in [-0.4, -0.2) is 23.7 Å². The number of aryl methyl sites for hydroxylation is 2. The first-order valence-corrected chi connectivity index (χ1v) is 10.4. The second-order valence-corrected chi connectivity index (χ2v) is 8.87. The summed E-state index contributed by atoms with van der Waals surface area (Å²) in [6.45, 7) is 3.50. The van der Waals surface area contributed by atoms with Crippen LogP contribution in [-0.2, 0) is 21.4 Å². The van der Waals surface area contributed by atoms with Gasteiger partial charge in [0.2, 0.25) is 11.9 Å². The van der Waals surface area contributed by atoms with Crippen LogP contribution in [0.4, 0.5) is 14.5 Å². The van der Waals surface area contributed by atoms with E-state index in [0.717, 1.165) is 30.4 Å². The summed E-state index contributed by atoms with van der Waals surface area (Å²) in [5.41, 5.74) is 2.32. The maximum atomic E-state index is 14.6. The number of nitrogens with zero attached hydrogens (tertiary/aromatic N) is 2. The van der Waals surface area contributed by atoms with E-state index in [1.54, 1.807) is 33.0 Å². The van der Waals surface area contributed by atoms with Gasteiger partial charge in [0, 0.05) is 31.0 Å². The number of pyridine rings is 1. The molecule has 158 valence electrons. The van der Waals surface area contributed by atoms with Gasteiger partial charge in [-0.3, -0.25) is 9.59 Å². The van der Waals surface area contributed by atoms with Crippen LogP contribution in [0.2, 0.25) is 0 Å². The number of aromatic nitrogens is 1. The summed E-state index contributed by atoms with van der Waals surface area (Å²) in [7, 11) is 1.58. The molecule has 1 amide bonds. The van der Waals surface area contributed by atoms with Crippen molar-refractivity contribution in [3.8, 4) is 0 Å². The van der Waals surface area contributed by atoms with Crippen molar-refractivity contribution in [2.75, 3.05) is 11.9 Å². The van der Waals surface area contributed by atoms with E-state index in [1.165, 1.54) is 17.0 Å². The summed E-state index contributed by atoms with van der Waals surface area (Å²) in [6, 6.07) is 8.10. The van der Waals surface area contributed by atoms with E-state index in [1.807, 2.05) is 6.07 Å². The monoisotopic (exact) mass is 412 g/mol. The van der Waals surface area contributed by atoms with Crippen molar-refractivity contribution in [2.45, 2.75) is 57.8 Å². The van der Waals surface area contributed by atoms with Crippen molar-refractivity contribution >= 4 is 17.4 Å². The Bertz CT molecular complexity index is 1010. The van der Waals surface area contributed by atoms with Crippen molar-refractivity contribution in [1.82, 2.24) is 4.98 Å². The number of halogens is 2. The average Bonchev–Trinajstić information content (AvgIpc) is 2.64. The zero-order valence-electron chi connectivity index (χ0n) is 17.6. The molecule has 1 aromatic heterocycles. The number of anilines is 1. The second-order valence-electron chi connectivity index (χ2n) is 8.87. The first-order valence-electron chi connectivity index (χ1n) is 10.4. The minimum absolute atomic E-state index is 0.115. The zero-order chi connectivity index (χ0) is 21.7. The minimum Gasteiger partial charge on any atom is -0.313 e. The van der Waals surface area contributed by atoms with E-state index in [-0.39, 0.29) is 28.2 Å². The maximum Gasteiger partial charge on any atom is 0.226 e. The topological polar surface area (TPSA) is 50.3 Å². The summed E-state index contributed by atoms with van der Waals surface area (Å²) < 4.78 is 27.8. The number of benzene rings is 1. The molecule has 3 fully saturated rings. The summed E-state index contributed by atoms with van der Waals surface area (Å²) in [5.74, 6) is -0.810. The van der Waals surface area contributed by atoms with Crippen molar-refractivity contribution in [1.29, 1.82) is 0 Å². The predicted octanol–water partition coefficient (Wildman–Crippen LogP) is 4.66. The molecular weight excluding hydrogens is 386 g/mol. The third-order valence-electron chi connectivity index (χ3n) is 7.00.